The first-order valence-corrected chi connectivity index (χ1v) is 6.22. The van der Waals surface area contributed by atoms with Gasteiger partial charge in [-0.05, 0) is 30.4 Å². The Morgan fingerprint density at radius 2 is 2.00 bits per heavy atom. The highest BCUT2D eigenvalue weighted by Crippen LogP contribution is 2.16. The molecule has 0 saturated carbocycles. The zero-order valence-electron chi connectivity index (χ0n) is 10.5. The van der Waals surface area contributed by atoms with Crippen LogP contribution < -0.4 is 5.73 Å². The SMILES string of the molecule is CCCC(C)CC(N)Cc1ccc(F)cc1F. The standard InChI is InChI=1S/C14H21F2N/c1-3-4-10(2)7-13(17)8-11-5-6-12(15)9-14(11)16/h5-6,9-10,13H,3-4,7-8,17H2,1-2H3. The van der Waals surface area contributed by atoms with E-state index in [0.717, 1.165) is 25.3 Å². The minimum atomic E-state index is -0.542. The summed E-state index contributed by atoms with van der Waals surface area (Å²) in [6.45, 7) is 4.30. The van der Waals surface area contributed by atoms with Gasteiger partial charge in [0.05, 0.1) is 0 Å². The molecule has 96 valence electrons. The molecule has 0 heterocycles. The van der Waals surface area contributed by atoms with Crippen LogP contribution in [0.2, 0.25) is 0 Å². The highest BCUT2D eigenvalue weighted by atomic mass is 19.1. The van der Waals surface area contributed by atoms with Crippen molar-refractivity contribution < 1.29 is 8.78 Å². The lowest BCUT2D eigenvalue weighted by molar-refractivity contribution is 0.427. The molecule has 0 aliphatic heterocycles. The number of halogens is 2. The van der Waals surface area contributed by atoms with Crippen LogP contribution in [-0.2, 0) is 6.42 Å². The van der Waals surface area contributed by atoms with Crippen LogP contribution in [0.25, 0.3) is 0 Å². The van der Waals surface area contributed by atoms with E-state index in [4.69, 9.17) is 5.73 Å². The predicted octanol–water partition coefficient (Wildman–Crippen LogP) is 3.66. The van der Waals surface area contributed by atoms with Crippen molar-refractivity contribution in [2.24, 2.45) is 11.7 Å². The second-order valence-electron chi connectivity index (χ2n) is 4.83. The van der Waals surface area contributed by atoms with E-state index in [1.165, 1.54) is 12.1 Å². The Bertz CT molecular complexity index is 352. The highest BCUT2D eigenvalue weighted by Gasteiger charge is 2.12. The zero-order valence-corrected chi connectivity index (χ0v) is 10.5. The lowest BCUT2D eigenvalue weighted by Crippen LogP contribution is -2.25. The van der Waals surface area contributed by atoms with Gasteiger partial charge in [0.25, 0.3) is 0 Å². The maximum absolute atomic E-state index is 13.4. The molecule has 0 bridgehead atoms. The van der Waals surface area contributed by atoms with Crippen molar-refractivity contribution in [3.63, 3.8) is 0 Å². The summed E-state index contributed by atoms with van der Waals surface area (Å²) in [6, 6.07) is 3.61. The minimum Gasteiger partial charge on any atom is -0.327 e. The molecular weight excluding hydrogens is 220 g/mol. The van der Waals surface area contributed by atoms with Crippen molar-refractivity contribution >= 4 is 0 Å². The Morgan fingerprint density at radius 3 is 2.59 bits per heavy atom. The molecule has 0 aliphatic carbocycles. The van der Waals surface area contributed by atoms with Gasteiger partial charge in [0, 0.05) is 12.1 Å². The van der Waals surface area contributed by atoms with Crippen molar-refractivity contribution in [3.05, 3.63) is 35.4 Å². The molecule has 2 unspecified atom stereocenters. The van der Waals surface area contributed by atoms with Gasteiger partial charge in [-0.2, -0.15) is 0 Å². The van der Waals surface area contributed by atoms with E-state index in [2.05, 4.69) is 13.8 Å². The van der Waals surface area contributed by atoms with Gasteiger partial charge < -0.3 is 5.73 Å². The molecule has 17 heavy (non-hydrogen) atoms. The van der Waals surface area contributed by atoms with Crippen LogP contribution >= 0.6 is 0 Å². The summed E-state index contributed by atoms with van der Waals surface area (Å²) in [5.74, 6) is -0.485. The second-order valence-corrected chi connectivity index (χ2v) is 4.83. The fraction of sp³-hybridized carbons (Fsp3) is 0.571. The van der Waals surface area contributed by atoms with Gasteiger partial charge in [-0.3, -0.25) is 0 Å². The third-order valence-corrected chi connectivity index (χ3v) is 2.98. The Labute approximate surface area is 102 Å². The van der Waals surface area contributed by atoms with E-state index in [1.807, 2.05) is 0 Å². The third-order valence-electron chi connectivity index (χ3n) is 2.98. The fourth-order valence-electron chi connectivity index (χ4n) is 2.18. The van der Waals surface area contributed by atoms with Crippen LogP contribution in [0.1, 0.15) is 38.7 Å². The minimum absolute atomic E-state index is 0.0588. The average molecular weight is 241 g/mol. The van der Waals surface area contributed by atoms with Gasteiger partial charge in [-0.25, -0.2) is 8.78 Å². The summed E-state index contributed by atoms with van der Waals surface area (Å²) in [7, 11) is 0. The molecule has 1 aromatic carbocycles. The third kappa shape index (κ3) is 4.82. The monoisotopic (exact) mass is 241 g/mol. The zero-order chi connectivity index (χ0) is 12.8. The number of rotatable bonds is 6. The lowest BCUT2D eigenvalue weighted by Gasteiger charge is -2.17. The molecule has 0 aromatic heterocycles. The van der Waals surface area contributed by atoms with Crippen LogP contribution in [0, 0.1) is 17.6 Å². The van der Waals surface area contributed by atoms with Crippen LogP contribution in [0.5, 0.6) is 0 Å². The molecule has 1 rings (SSSR count). The Morgan fingerprint density at radius 1 is 1.29 bits per heavy atom. The van der Waals surface area contributed by atoms with Gasteiger partial charge in [-0.15, -0.1) is 0 Å². The molecule has 0 radical (unpaired) electrons. The van der Waals surface area contributed by atoms with Crippen molar-refractivity contribution in [3.8, 4) is 0 Å². The molecule has 0 spiro atoms. The summed E-state index contributed by atoms with van der Waals surface area (Å²) in [5.41, 5.74) is 6.49. The average Bonchev–Trinajstić information content (AvgIpc) is 2.22. The Hall–Kier alpha value is -0.960. The summed E-state index contributed by atoms with van der Waals surface area (Å²) < 4.78 is 26.1. The maximum atomic E-state index is 13.4. The van der Waals surface area contributed by atoms with E-state index in [0.29, 0.717) is 17.9 Å². The molecule has 3 heteroatoms. The Kier molecular flexibility index (Phi) is 5.56. The predicted molar refractivity (Wildman–Crippen MR) is 66.7 cm³/mol. The normalized spacial score (nSPS) is 14.6. The molecule has 0 saturated heterocycles. The van der Waals surface area contributed by atoms with E-state index in [9.17, 15) is 8.78 Å². The summed E-state index contributed by atoms with van der Waals surface area (Å²) in [6.07, 6.45) is 3.63. The number of hydrogen-bond donors (Lipinski definition) is 1. The maximum Gasteiger partial charge on any atom is 0.129 e. The largest absolute Gasteiger partial charge is 0.327 e. The van der Waals surface area contributed by atoms with E-state index >= 15 is 0 Å². The van der Waals surface area contributed by atoms with Gasteiger partial charge in [-0.1, -0.05) is 32.8 Å². The number of benzene rings is 1. The van der Waals surface area contributed by atoms with Crippen LogP contribution in [-0.4, -0.2) is 6.04 Å². The Balaban J connectivity index is 2.52. The van der Waals surface area contributed by atoms with Crippen molar-refractivity contribution in [2.45, 2.75) is 45.6 Å². The lowest BCUT2D eigenvalue weighted by atomic mass is 9.94. The van der Waals surface area contributed by atoms with E-state index < -0.39 is 11.6 Å². The fourth-order valence-corrected chi connectivity index (χ4v) is 2.18. The highest BCUT2D eigenvalue weighted by molar-refractivity contribution is 5.19. The molecule has 2 N–H and O–H groups in total. The number of hydrogen-bond acceptors (Lipinski definition) is 1. The summed E-state index contributed by atoms with van der Waals surface area (Å²) >= 11 is 0. The van der Waals surface area contributed by atoms with E-state index in [-0.39, 0.29) is 6.04 Å². The molecule has 0 amide bonds. The van der Waals surface area contributed by atoms with Crippen LogP contribution in [0.15, 0.2) is 18.2 Å². The molecule has 2 atom stereocenters. The first-order valence-electron chi connectivity index (χ1n) is 6.22. The van der Waals surface area contributed by atoms with Crippen molar-refractivity contribution in [1.82, 2.24) is 0 Å². The van der Waals surface area contributed by atoms with Gasteiger partial charge in [0.1, 0.15) is 11.6 Å². The first-order chi connectivity index (χ1) is 8.02. The van der Waals surface area contributed by atoms with Crippen LogP contribution in [0.3, 0.4) is 0 Å². The summed E-state index contributed by atoms with van der Waals surface area (Å²) in [5, 5.41) is 0. The van der Waals surface area contributed by atoms with E-state index in [1.54, 1.807) is 0 Å². The van der Waals surface area contributed by atoms with Crippen molar-refractivity contribution in [2.75, 3.05) is 0 Å². The quantitative estimate of drug-likeness (QED) is 0.808. The van der Waals surface area contributed by atoms with Crippen LogP contribution in [0.4, 0.5) is 8.78 Å². The smallest absolute Gasteiger partial charge is 0.129 e. The molecule has 0 aliphatic rings. The van der Waals surface area contributed by atoms with Gasteiger partial charge in [0.15, 0.2) is 0 Å². The van der Waals surface area contributed by atoms with Gasteiger partial charge >= 0.3 is 0 Å². The van der Waals surface area contributed by atoms with Crippen molar-refractivity contribution in [1.29, 1.82) is 0 Å². The number of nitrogens with two attached hydrogens (primary N) is 1. The molecule has 1 aromatic rings. The first kappa shape index (κ1) is 14.1. The second kappa shape index (κ2) is 6.70. The summed E-state index contributed by atoms with van der Waals surface area (Å²) in [4.78, 5) is 0. The topological polar surface area (TPSA) is 26.0 Å². The molecular formula is C14H21F2N. The molecule has 1 nitrogen and oxygen atoms in total. The molecule has 0 fully saturated rings. The van der Waals surface area contributed by atoms with Gasteiger partial charge in [0.2, 0.25) is 0 Å².